The van der Waals surface area contributed by atoms with Crippen LogP contribution in [0.3, 0.4) is 0 Å². The second kappa shape index (κ2) is 10.5. The number of carboxylic acid groups (broad SMARTS) is 1. The van der Waals surface area contributed by atoms with Crippen molar-refractivity contribution >= 4 is 33.3 Å². The molecule has 0 aliphatic heterocycles. The van der Waals surface area contributed by atoms with Gasteiger partial charge in [-0.25, -0.2) is 17.8 Å². The predicted octanol–water partition coefficient (Wildman–Crippen LogP) is 3.78. The largest absolute Gasteiger partial charge is 0.483 e. The molecule has 2 aromatic rings. The number of carbonyl (C=O) groups is 1. The maximum atomic E-state index is 14.9. The van der Waals surface area contributed by atoms with Gasteiger partial charge in [0, 0.05) is 29.3 Å². The molecule has 0 amide bonds. The van der Waals surface area contributed by atoms with Crippen molar-refractivity contribution in [2.24, 2.45) is 0 Å². The number of benzene rings is 1. The van der Waals surface area contributed by atoms with Crippen LogP contribution in [0.2, 0.25) is 0 Å². The number of anilines is 1. The lowest BCUT2D eigenvalue weighted by Crippen LogP contribution is -2.44. The van der Waals surface area contributed by atoms with Gasteiger partial charge in [-0.15, -0.1) is 11.3 Å². The fourth-order valence-corrected chi connectivity index (χ4v) is 6.43. The molecule has 7 nitrogen and oxygen atoms in total. The van der Waals surface area contributed by atoms with Gasteiger partial charge in [-0.1, -0.05) is 12.8 Å². The predicted molar refractivity (Wildman–Crippen MR) is 119 cm³/mol. The van der Waals surface area contributed by atoms with Gasteiger partial charge in [0.05, 0.1) is 0 Å². The molecule has 10 heteroatoms. The Morgan fingerprint density at radius 3 is 2.48 bits per heavy atom. The van der Waals surface area contributed by atoms with Gasteiger partial charge in [-0.05, 0) is 56.3 Å². The highest BCUT2D eigenvalue weighted by molar-refractivity contribution is 7.90. The van der Waals surface area contributed by atoms with E-state index in [1.165, 1.54) is 23.8 Å². The first-order valence-corrected chi connectivity index (χ1v) is 12.9. The van der Waals surface area contributed by atoms with E-state index in [0.29, 0.717) is 17.0 Å². The molecule has 2 saturated carbocycles. The smallest absolute Gasteiger partial charge is 0.290 e. The van der Waals surface area contributed by atoms with Crippen LogP contribution in [0.15, 0.2) is 28.6 Å². The second-order valence-electron chi connectivity index (χ2n) is 7.86. The van der Waals surface area contributed by atoms with E-state index in [9.17, 15) is 12.8 Å². The summed E-state index contributed by atoms with van der Waals surface area (Å²) in [6.07, 6.45) is 8.07. The molecule has 0 radical (unpaired) electrons. The average Bonchev–Trinajstić information content (AvgIpc) is 3.45. The molecule has 2 aliphatic carbocycles. The average molecular weight is 470 g/mol. The lowest BCUT2D eigenvalue weighted by molar-refractivity contribution is -0.122. The number of halogens is 1. The molecular weight excluding hydrogens is 441 g/mol. The minimum atomic E-state index is -3.77. The Morgan fingerprint density at radius 1 is 1.23 bits per heavy atom. The van der Waals surface area contributed by atoms with Crippen molar-refractivity contribution in [3.63, 3.8) is 0 Å². The van der Waals surface area contributed by atoms with Crippen LogP contribution in [0.25, 0.3) is 0 Å². The van der Waals surface area contributed by atoms with Crippen molar-refractivity contribution in [1.82, 2.24) is 10.3 Å². The fraction of sp³-hybridized carbons (Fsp3) is 0.524. The standard InChI is InChI=1S/C20H26FN3O2S2.CH2O2/c1-22-16-4-2-3-5-17(16)24-18-11-15(21)19(10-14(18)13-6-7-13)28(25,26)12-20-23-8-9-27-20;2-1-3/h8-11,13,16-17,22,24H,2-7,12H2,1H3;1H,(H,2,3)/t16-,17-;/m0./s1. The Labute approximate surface area is 186 Å². The van der Waals surface area contributed by atoms with Crippen LogP contribution in [0.4, 0.5) is 10.1 Å². The molecule has 4 rings (SSSR count). The van der Waals surface area contributed by atoms with Crippen molar-refractivity contribution < 1.29 is 22.7 Å². The minimum absolute atomic E-state index is 0.205. The van der Waals surface area contributed by atoms with E-state index in [-0.39, 0.29) is 23.2 Å². The highest BCUT2D eigenvalue weighted by Gasteiger charge is 2.32. The molecule has 0 spiro atoms. The van der Waals surface area contributed by atoms with E-state index in [1.54, 1.807) is 17.6 Å². The summed E-state index contributed by atoms with van der Waals surface area (Å²) >= 11 is 1.27. The van der Waals surface area contributed by atoms with Crippen LogP contribution >= 0.6 is 11.3 Å². The monoisotopic (exact) mass is 469 g/mol. The number of hydrogen-bond donors (Lipinski definition) is 3. The Morgan fingerprint density at radius 2 is 1.90 bits per heavy atom. The highest BCUT2D eigenvalue weighted by atomic mass is 32.2. The fourth-order valence-electron chi connectivity index (χ4n) is 4.08. The van der Waals surface area contributed by atoms with Crippen LogP contribution in [0.5, 0.6) is 0 Å². The molecule has 1 aromatic carbocycles. The molecule has 1 aromatic heterocycles. The van der Waals surface area contributed by atoms with Crippen molar-refractivity contribution in [3.05, 3.63) is 40.1 Å². The Hall–Kier alpha value is -2.04. The molecule has 170 valence electrons. The second-order valence-corrected chi connectivity index (χ2v) is 10.8. The Balaban J connectivity index is 0.000000858. The maximum Gasteiger partial charge on any atom is 0.290 e. The molecule has 2 fully saturated rings. The van der Waals surface area contributed by atoms with Crippen molar-refractivity contribution in [3.8, 4) is 0 Å². The molecular formula is C21H28FN3O4S2. The highest BCUT2D eigenvalue weighted by Crippen LogP contribution is 2.45. The topological polar surface area (TPSA) is 108 Å². The first-order chi connectivity index (χ1) is 14.9. The van der Waals surface area contributed by atoms with Gasteiger partial charge in [-0.3, -0.25) is 4.79 Å². The summed E-state index contributed by atoms with van der Waals surface area (Å²) in [5.74, 6) is -0.628. The van der Waals surface area contributed by atoms with Crippen molar-refractivity contribution in [2.45, 2.75) is 67.2 Å². The van der Waals surface area contributed by atoms with Gasteiger partial charge in [0.15, 0.2) is 9.84 Å². The zero-order chi connectivity index (χ0) is 22.4. The van der Waals surface area contributed by atoms with E-state index in [4.69, 9.17) is 9.90 Å². The van der Waals surface area contributed by atoms with Gasteiger partial charge in [0.2, 0.25) is 0 Å². The van der Waals surface area contributed by atoms with Gasteiger partial charge < -0.3 is 15.7 Å². The zero-order valence-electron chi connectivity index (χ0n) is 17.4. The number of rotatable bonds is 7. The van der Waals surface area contributed by atoms with E-state index < -0.39 is 15.7 Å². The van der Waals surface area contributed by atoms with Crippen LogP contribution in [0, 0.1) is 5.82 Å². The molecule has 31 heavy (non-hydrogen) atoms. The van der Waals surface area contributed by atoms with E-state index in [0.717, 1.165) is 43.4 Å². The number of sulfone groups is 1. The number of likely N-dealkylation sites (N-methyl/N-ethyl adjacent to an activating group) is 1. The van der Waals surface area contributed by atoms with Crippen LogP contribution in [0.1, 0.15) is 55.0 Å². The molecule has 1 heterocycles. The summed E-state index contributed by atoms with van der Waals surface area (Å²) in [5.41, 5.74) is 1.68. The molecule has 2 aliphatic rings. The Bertz CT molecular complexity index is 979. The Kier molecular flexibility index (Phi) is 8.01. The third-order valence-electron chi connectivity index (χ3n) is 5.73. The van der Waals surface area contributed by atoms with Crippen LogP contribution in [-0.4, -0.2) is 44.1 Å². The molecule has 0 saturated heterocycles. The van der Waals surface area contributed by atoms with E-state index in [1.807, 2.05) is 7.05 Å². The minimum Gasteiger partial charge on any atom is -0.483 e. The summed E-state index contributed by atoms with van der Waals surface area (Å²) in [6.45, 7) is -0.250. The summed E-state index contributed by atoms with van der Waals surface area (Å²) in [5, 5.41) is 16.0. The SMILES string of the molecule is CN[C@H]1CCCC[C@@H]1Nc1cc(F)c(S(=O)(=O)Cc2nccs2)cc1C1CC1.O=CO. The first kappa shape index (κ1) is 23.6. The third-order valence-corrected chi connectivity index (χ3v) is 8.33. The van der Waals surface area contributed by atoms with Gasteiger partial charge in [-0.2, -0.15) is 0 Å². The number of nitrogens with zero attached hydrogens (tertiary/aromatic N) is 1. The molecule has 2 atom stereocenters. The number of hydrogen-bond acceptors (Lipinski definition) is 7. The van der Waals surface area contributed by atoms with E-state index >= 15 is 0 Å². The van der Waals surface area contributed by atoms with Crippen LogP contribution < -0.4 is 10.6 Å². The molecule has 0 bridgehead atoms. The number of aromatic nitrogens is 1. The number of nitrogens with one attached hydrogen (secondary N) is 2. The van der Waals surface area contributed by atoms with Crippen molar-refractivity contribution in [2.75, 3.05) is 12.4 Å². The quantitative estimate of drug-likeness (QED) is 0.530. The van der Waals surface area contributed by atoms with E-state index in [2.05, 4.69) is 15.6 Å². The van der Waals surface area contributed by atoms with Gasteiger partial charge >= 0.3 is 0 Å². The third kappa shape index (κ3) is 6.02. The van der Waals surface area contributed by atoms with Crippen LogP contribution in [-0.2, 0) is 20.4 Å². The summed E-state index contributed by atoms with van der Waals surface area (Å²) < 4.78 is 40.5. The number of thiazole rings is 1. The summed E-state index contributed by atoms with van der Waals surface area (Å²) in [6, 6.07) is 3.53. The molecule has 0 unspecified atom stereocenters. The van der Waals surface area contributed by atoms with Gasteiger partial charge in [0.1, 0.15) is 21.5 Å². The zero-order valence-corrected chi connectivity index (χ0v) is 19.0. The lowest BCUT2D eigenvalue weighted by Gasteiger charge is -2.33. The normalized spacial score (nSPS) is 21.1. The van der Waals surface area contributed by atoms with Crippen molar-refractivity contribution in [1.29, 1.82) is 0 Å². The lowest BCUT2D eigenvalue weighted by atomic mass is 9.90. The molecule has 3 N–H and O–H groups in total. The van der Waals surface area contributed by atoms with Gasteiger partial charge in [0.25, 0.3) is 6.47 Å². The summed E-state index contributed by atoms with van der Waals surface area (Å²) in [4.78, 5) is 12.2. The first-order valence-electron chi connectivity index (χ1n) is 10.4. The maximum absolute atomic E-state index is 14.9. The summed E-state index contributed by atoms with van der Waals surface area (Å²) in [7, 11) is -1.81.